The smallest absolute Gasteiger partial charge is 0.310 e. The van der Waals surface area contributed by atoms with Crippen molar-refractivity contribution in [3.8, 4) is 0 Å². The highest BCUT2D eigenvalue weighted by Gasteiger charge is 2.37. The van der Waals surface area contributed by atoms with Gasteiger partial charge in [0.05, 0.1) is 19.2 Å². The molecule has 8 heteroatoms. The first-order chi connectivity index (χ1) is 14.1. The second-order valence-corrected chi connectivity index (χ2v) is 8.31. The van der Waals surface area contributed by atoms with Crippen LogP contribution < -0.4 is 10.2 Å². The monoisotopic (exact) mass is 398 g/mol. The molecule has 0 radical (unpaired) electrons. The lowest BCUT2D eigenvalue weighted by molar-refractivity contribution is -0.146. The molecule has 1 saturated carbocycles. The summed E-state index contributed by atoms with van der Waals surface area (Å²) >= 11 is 0. The van der Waals surface area contributed by atoms with Crippen molar-refractivity contribution < 1.29 is 9.53 Å². The van der Waals surface area contributed by atoms with Crippen molar-refractivity contribution in [1.82, 2.24) is 20.2 Å². The predicted octanol–water partition coefficient (Wildman–Crippen LogP) is 3.45. The number of nitrogens with one attached hydrogen (secondary N) is 2. The summed E-state index contributed by atoms with van der Waals surface area (Å²) in [6.45, 7) is 3.46. The summed E-state index contributed by atoms with van der Waals surface area (Å²) in [5.41, 5.74) is 0.881. The Bertz CT molecular complexity index is 819. The molecule has 4 rings (SSSR count). The second-order valence-electron chi connectivity index (χ2n) is 8.31. The number of rotatable bonds is 5. The molecule has 1 aliphatic heterocycles. The van der Waals surface area contributed by atoms with Crippen LogP contribution >= 0.6 is 0 Å². The van der Waals surface area contributed by atoms with Crippen LogP contribution in [0.25, 0.3) is 0 Å². The molecule has 0 aromatic carbocycles. The molecule has 2 aromatic rings. The molecule has 2 fully saturated rings. The third-order valence-electron chi connectivity index (χ3n) is 6.22. The van der Waals surface area contributed by atoms with E-state index in [4.69, 9.17) is 9.72 Å². The molecule has 2 aliphatic rings. The summed E-state index contributed by atoms with van der Waals surface area (Å²) in [4.78, 5) is 24.0. The molecule has 1 saturated heterocycles. The number of carbonyl (C=O) groups is 1. The maximum absolute atomic E-state index is 12.4. The molecule has 3 heterocycles. The van der Waals surface area contributed by atoms with Gasteiger partial charge in [-0.3, -0.25) is 9.89 Å². The maximum atomic E-state index is 12.4. The fraction of sp³-hybridized carbons (Fsp3) is 0.619. The lowest BCUT2D eigenvalue weighted by atomic mass is 9.74. The van der Waals surface area contributed by atoms with Crippen molar-refractivity contribution in [3.63, 3.8) is 0 Å². The fourth-order valence-electron chi connectivity index (χ4n) is 4.81. The van der Waals surface area contributed by atoms with E-state index < -0.39 is 0 Å². The first-order valence-corrected chi connectivity index (χ1v) is 10.6. The van der Waals surface area contributed by atoms with Crippen LogP contribution in [0.15, 0.2) is 18.3 Å². The molecule has 8 nitrogen and oxygen atoms in total. The summed E-state index contributed by atoms with van der Waals surface area (Å²) in [6, 6.07) is 3.76. The van der Waals surface area contributed by atoms with Gasteiger partial charge in [-0.1, -0.05) is 32.1 Å². The van der Waals surface area contributed by atoms with Crippen LogP contribution in [0.3, 0.4) is 0 Å². The van der Waals surface area contributed by atoms with Gasteiger partial charge < -0.3 is 15.0 Å². The zero-order chi connectivity index (χ0) is 20.2. The Balaban J connectivity index is 1.57. The Morgan fingerprint density at radius 1 is 1.21 bits per heavy atom. The number of methoxy groups -OCH3 is 1. The summed E-state index contributed by atoms with van der Waals surface area (Å²) < 4.78 is 5.10. The van der Waals surface area contributed by atoms with Crippen molar-refractivity contribution >= 4 is 23.6 Å². The van der Waals surface area contributed by atoms with Gasteiger partial charge in [0, 0.05) is 30.9 Å². The van der Waals surface area contributed by atoms with Crippen molar-refractivity contribution in [2.24, 2.45) is 17.8 Å². The zero-order valence-electron chi connectivity index (χ0n) is 17.2. The van der Waals surface area contributed by atoms with Crippen LogP contribution in [-0.4, -0.2) is 46.3 Å². The first kappa shape index (κ1) is 19.7. The van der Waals surface area contributed by atoms with Gasteiger partial charge in [-0.25, -0.2) is 4.98 Å². The van der Waals surface area contributed by atoms with E-state index in [1.165, 1.54) is 39.2 Å². The maximum Gasteiger partial charge on any atom is 0.310 e. The van der Waals surface area contributed by atoms with E-state index in [-0.39, 0.29) is 11.9 Å². The Morgan fingerprint density at radius 2 is 2.03 bits per heavy atom. The third-order valence-corrected chi connectivity index (χ3v) is 6.22. The van der Waals surface area contributed by atoms with Crippen molar-refractivity contribution in [1.29, 1.82) is 0 Å². The molecule has 156 valence electrons. The topological polar surface area (TPSA) is 96.0 Å². The third kappa shape index (κ3) is 4.68. The number of ether oxygens (including phenoxy) is 1. The number of esters is 1. The number of hydrogen-bond acceptors (Lipinski definition) is 7. The van der Waals surface area contributed by atoms with Crippen LogP contribution in [0, 0.1) is 24.7 Å². The van der Waals surface area contributed by atoms with Gasteiger partial charge in [0.2, 0.25) is 5.95 Å². The average Bonchev–Trinajstić information content (AvgIpc) is 3.26. The first-order valence-electron chi connectivity index (χ1n) is 10.6. The van der Waals surface area contributed by atoms with Crippen molar-refractivity contribution in [2.75, 3.05) is 30.4 Å². The minimum Gasteiger partial charge on any atom is -0.469 e. The second kappa shape index (κ2) is 8.80. The lowest BCUT2D eigenvalue weighted by Crippen LogP contribution is -2.46. The Labute approximate surface area is 171 Å². The number of piperidine rings is 1. The van der Waals surface area contributed by atoms with Gasteiger partial charge in [-0.2, -0.15) is 10.1 Å². The number of aryl methyl sites for hydroxylation is 1. The van der Waals surface area contributed by atoms with E-state index in [9.17, 15) is 4.79 Å². The Hall–Kier alpha value is -2.64. The number of carbonyl (C=O) groups excluding carboxylic acids is 1. The van der Waals surface area contributed by atoms with Crippen molar-refractivity contribution in [2.45, 2.75) is 45.4 Å². The molecule has 2 aromatic heterocycles. The van der Waals surface area contributed by atoms with E-state index in [1.807, 2.05) is 19.1 Å². The van der Waals surface area contributed by atoms with E-state index in [0.717, 1.165) is 24.5 Å². The molecule has 0 bridgehead atoms. The number of aromatic nitrogens is 4. The zero-order valence-corrected chi connectivity index (χ0v) is 17.2. The molecular formula is C21H30N6O2. The van der Waals surface area contributed by atoms with Crippen LogP contribution in [0.2, 0.25) is 0 Å². The summed E-state index contributed by atoms with van der Waals surface area (Å²) in [7, 11) is 1.48. The molecule has 0 unspecified atom stereocenters. The van der Waals surface area contributed by atoms with Gasteiger partial charge in [-0.15, -0.1) is 0 Å². The van der Waals surface area contributed by atoms with E-state index >= 15 is 0 Å². The van der Waals surface area contributed by atoms with Crippen LogP contribution in [0.1, 0.15) is 44.2 Å². The van der Waals surface area contributed by atoms with Gasteiger partial charge in [0.1, 0.15) is 11.6 Å². The Morgan fingerprint density at radius 3 is 2.76 bits per heavy atom. The normalized spacial score (nSPS) is 23.0. The standard InChI is InChI=1S/C21H30N6O2/c1-14-10-19(24-18-8-9-22-26-18)25-21(23-14)27-12-16(15-6-4-3-5-7-15)11-17(13-27)20(28)29-2/h8-10,15-17H,3-7,11-13H2,1-2H3,(H2,22,23,24,25,26)/t16-,17+/m0/s1. The minimum atomic E-state index is -0.131. The molecule has 2 atom stereocenters. The molecule has 0 spiro atoms. The van der Waals surface area contributed by atoms with Crippen LogP contribution in [0.4, 0.5) is 17.6 Å². The van der Waals surface area contributed by atoms with E-state index in [0.29, 0.717) is 30.1 Å². The quantitative estimate of drug-likeness (QED) is 0.745. The molecule has 29 heavy (non-hydrogen) atoms. The minimum absolute atomic E-state index is 0.126. The highest BCUT2D eigenvalue weighted by atomic mass is 16.5. The number of hydrogen-bond donors (Lipinski definition) is 2. The highest BCUT2D eigenvalue weighted by Crippen LogP contribution is 2.37. The van der Waals surface area contributed by atoms with Crippen LogP contribution in [-0.2, 0) is 9.53 Å². The van der Waals surface area contributed by atoms with Gasteiger partial charge in [0.15, 0.2) is 0 Å². The van der Waals surface area contributed by atoms with Crippen molar-refractivity contribution in [3.05, 3.63) is 24.0 Å². The Kier molecular flexibility index (Phi) is 5.97. The number of anilines is 3. The SMILES string of the molecule is COC(=O)[C@@H]1C[C@H](C2CCCCC2)CN(c2nc(C)cc(Nc3ccn[nH]3)n2)C1. The van der Waals surface area contributed by atoms with Gasteiger partial charge in [-0.05, 0) is 25.2 Å². The number of nitrogens with zero attached hydrogens (tertiary/aromatic N) is 4. The molecule has 1 aliphatic carbocycles. The van der Waals surface area contributed by atoms with Gasteiger partial charge in [0.25, 0.3) is 0 Å². The summed E-state index contributed by atoms with van der Waals surface area (Å²) in [5, 5.41) is 10.1. The average molecular weight is 399 g/mol. The lowest BCUT2D eigenvalue weighted by Gasteiger charge is -2.41. The van der Waals surface area contributed by atoms with Crippen LogP contribution in [0.5, 0.6) is 0 Å². The van der Waals surface area contributed by atoms with E-state index in [2.05, 4.69) is 25.4 Å². The molecular weight excluding hydrogens is 368 g/mol. The fourth-order valence-corrected chi connectivity index (χ4v) is 4.81. The number of aromatic amines is 1. The predicted molar refractivity (Wildman–Crippen MR) is 111 cm³/mol. The van der Waals surface area contributed by atoms with Gasteiger partial charge >= 0.3 is 5.97 Å². The highest BCUT2D eigenvalue weighted by molar-refractivity contribution is 5.73. The van der Waals surface area contributed by atoms with E-state index in [1.54, 1.807) is 6.20 Å². The largest absolute Gasteiger partial charge is 0.469 e. The number of H-pyrrole nitrogens is 1. The molecule has 2 N–H and O–H groups in total. The molecule has 0 amide bonds. The summed E-state index contributed by atoms with van der Waals surface area (Å²) in [6.07, 6.45) is 9.03. The summed E-state index contributed by atoms with van der Waals surface area (Å²) in [5.74, 6) is 3.05.